The summed E-state index contributed by atoms with van der Waals surface area (Å²) in [7, 11) is 0. The smallest absolute Gasteiger partial charge is 0.123 e. The average molecular weight is 335 g/mol. The summed E-state index contributed by atoms with van der Waals surface area (Å²) in [5.41, 5.74) is 2.41. The molecule has 1 aromatic heterocycles. The summed E-state index contributed by atoms with van der Waals surface area (Å²) in [6, 6.07) is 15.5. The maximum atomic E-state index is 13.3. The van der Waals surface area contributed by atoms with Crippen molar-refractivity contribution >= 4 is 10.8 Å². The molecular weight excluding hydrogens is 313 g/mol. The number of hydrogen-bond acceptors (Lipinski definition) is 3. The number of halogens is 1. The summed E-state index contributed by atoms with van der Waals surface area (Å²) in [4.78, 5) is 9.11. The Morgan fingerprint density at radius 1 is 0.880 bits per heavy atom. The maximum absolute atomic E-state index is 13.3. The molecule has 0 aliphatic carbocycles. The molecule has 0 radical (unpaired) electrons. The van der Waals surface area contributed by atoms with E-state index in [1.807, 2.05) is 18.5 Å². The van der Waals surface area contributed by atoms with Crippen LogP contribution in [-0.2, 0) is 13.1 Å². The number of hydrogen-bond donors (Lipinski definition) is 0. The molecule has 1 saturated heterocycles. The molecule has 4 heteroatoms. The van der Waals surface area contributed by atoms with Gasteiger partial charge in [0.25, 0.3) is 0 Å². The number of nitrogens with zero attached hydrogens (tertiary/aromatic N) is 3. The molecule has 1 fully saturated rings. The van der Waals surface area contributed by atoms with Crippen molar-refractivity contribution < 1.29 is 4.39 Å². The van der Waals surface area contributed by atoms with Crippen molar-refractivity contribution in [2.45, 2.75) is 13.1 Å². The molecule has 0 N–H and O–H groups in total. The van der Waals surface area contributed by atoms with Crippen molar-refractivity contribution in [3.63, 3.8) is 0 Å². The third kappa shape index (κ3) is 3.86. The van der Waals surface area contributed by atoms with Gasteiger partial charge in [0.15, 0.2) is 0 Å². The van der Waals surface area contributed by atoms with Gasteiger partial charge in [-0.3, -0.25) is 14.8 Å². The fraction of sp³-hybridized carbons (Fsp3) is 0.286. The van der Waals surface area contributed by atoms with E-state index < -0.39 is 0 Å². The van der Waals surface area contributed by atoms with Gasteiger partial charge in [0.2, 0.25) is 0 Å². The van der Waals surface area contributed by atoms with Gasteiger partial charge in [-0.15, -0.1) is 0 Å². The molecule has 4 rings (SSSR count). The minimum Gasteiger partial charge on any atom is -0.297 e. The Morgan fingerprint density at radius 2 is 1.64 bits per heavy atom. The van der Waals surface area contributed by atoms with Gasteiger partial charge >= 0.3 is 0 Å². The molecule has 0 spiro atoms. The number of pyridine rings is 1. The number of aromatic nitrogens is 1. The molecule has 25 heavy (non-hydrogen) atoms. The number of rotatable bonds is 4. The molecular formula is C21H22FN3. The Hall–Kier alpha value is -2.30. The molecule has 0 saturated carbocycles. The van der Waals surface area contributed by atoms with Gasteiger partial charge < -0.3 is 0 Å². The highest BCUT2D eigenvalue weighted by molar-refractivity contribution is 5.84. The summed E-state index contributed by atoms with van der Waals surface area (Å²) in [6.07, 6.45) is 3.79. The molecule has 1 aliphatic heterocycles. The Balaban J connectivity index is 1.37. The molecule has 0 unspecified atom stereocenters. The minimum absolute atomic E-state index is 0.151. The normalized spacial score (nSPS) is 16.4. The molecule has 2 heterocycles. The summed E-state index contributed by atoms with van der Waals surface area (Å²) in [5, 5.41) is 2.49. The summed E-state index contributed by atoms with van der Waals surface area (Å²) in [6.45, 7) is 5.90. The van der Waals surface area contributed by atoms with E-state index in [1.54, 1.807) is 12.1 Å². The third-order valence-corrected chi connectivity index (χ3v) is 4.93. The van der Waals surface area contributed by atoms with Crippen molar-refractivity contribution in [1.82, 2.24) is 14.8 Å². The van der Waals surface area contributed by atoms with Crippen LogP contribution in [0, 0.1) is 5.82 Å². The molecule has 128 valence electrons. The van der Waals surface area contributed by atoms with Crippen LogP contribution >= 0.6 is 0 Å². The summed E-state index contributed by atoms with van der Waals surface area (Å²) >= 11 is 0. The number of fused-ring (bicyclic) bond motifs is 1. The zero-order valence-corrected chi connectivity index (χ0v) is 14.2. The fourth-order valence-corrected chi connectivity index (χ4v) is 3.57. The molecule has 3 aromatic rings. The lowest BCUT2D eigenvalue weighted by Gasteiger charge is -2.35. The van der Waals surface area contributed by atoms with Gasteiger partial charge in [0, 0.05) is 57.0 Å². The van der Waals surface area contributed by atoms with E-state index in [0.717, 1.165) is 44.8 Å². The topological polar surface area (TPSA) is 19.4 Å². The Kier molecular flexibility index (Phi) is 4.72. The first kappa shape index (κ1) is 16.2. The molecule has 0 bridgehead atoms. The van der Waals surface area contributed by atoms with Gasteiger partial charge in [-0.25, -0.2) is 4.39 Å². The highest BCUT2D eigenvalue weighted by Gasteiger charge is 2.17. The van der Waals surface area contributed by atoms with Crippen LogP contribution in [0.25, 0.3) is 10.8 Å². The second-order valence-electron chi connectivity index (χ2n) is 6.70. The van der Waals surface area contributed by atoms with Crippen LogP contribution in [0.15, 0.2) is 60.9 Å². The van der Waals surface area contributed by atoms with Crippen LogP contribution in [0.3, 0.4) is 0 Å². The maximum Gasteiger partial charge on any atom is 0.123 e. The van der Waals surface area contributed by atoms with E-state index in [9.17, 15) is 4.39 Å². The van der Waals surface area contributed by atoms with Crippen LogP contribution in [0.5, 0.6) is 0 Å². The summed E-state index contributed by atoms with van der Waals surface area (Å²) < 4.78 is 13.3. The van der Waals surface area contributed by atoms with Crippen molar-refractivity contribution in [1.29, 1.82) is 0 Å². The van der Waals surface area contributed by atoms with Crippen LogP contribution in [-0.4, -0.2) is 41.0 Å². The van der Waals surface area contributed by atoms with Crippen LogP contribution in [0.4, 0.5) is 4.39 Å². The molecule has 3 nitrogen and oxygen atoms in total. The Morgan fingerprint density at radius 3 is 2.44 bits per heavy atom. The zero-order valence-electron chi connectivity index (χ0n) is 14.2. The standard InChI is InChI=1S/C21H22FN3/c22-20-6-1-3-17(13-20)15-24-9-11-25(12-10-24)16-19-5-2-4-18-14-23-8-7-21(18)19/h1-8,13-14H,9-12,15-16H2. The van der Waals surface area contributed by atoms with Crippen molar-refractivity contribution in [2.24, 2.45) is 0 Å². The monoisotopic (exact) mass is 335 g/mol. The fourth-order valence-electron chi connectivity index (χ4n) is 3.57. The van der Waals surface area contributed by atoms with Crippen molar-refractivity contribution in [3.05, 3.63) is 77.9 Å². The van der Waals surface area contributed by atoms with Gasteiger partial charge in [0.05, 0.1) is 0 Å². The molecule has 0 atom stereocenters. The van der Waals surface area contributed by atoms with E-state index in [1.165, 1.54) is 22.4 Å². The third-order valence-electron chi connectivity index (χ3n) is 4.93. The average Bonchev–Trinajstić information content (AvgIpc) is 2.64. The number of piperazine rings is 1. The lowest BCUT2D eigenvalue weighted by atomic mass is 10.1. The lowest BCUT2D eigenvalue weighted by molar-refractivity contribution is 0.122. The second-order valence-corrected chi connectivity index (χ2v) is 6.70. The Labute approximate surface area is 147 Å². The van der Waals surface area contributed by atoms with E-state index in [2.05, 4.69) is 39.0 Å². The van der Waals surface area contributed by atoms with Gasteiger partial charge in [0.1, 0.15) is 5.82 Å². The molecule has 2 aromatic carbocycles. The van der Waals surface area contributed by atoms with Crippen LogP contribution in [0.1, 0.15) is 11.1 Å². The van der Waals surface area contributed by atoms with Gasteiger partial charge in [-0.1, -0.05) is 30.3 Å². The molecule has 0 amide bonds. The number of benzene rings is 2. The van der Waals surface area contributed by atoms with Crippen molar-refractivity contribution in [3.8, 4) is 0 Å². The summed E-state index contributed by atoms with van der Waals surface area (Å²) in [5.74, 6) is -0.151. The van der Waals surface area contributed by atoms with E-state index in [4.69, 9.17) is 0 Å². The minimum atomic E-state index is -0.151. The second kappa shape index (κ2) is 7.30. The Bertz CT molecular complexity index is 851. The highest BCUT2D eigenvalue weighted by Crippen LogP contribution is 2.20. The van der Waals surface area contributed by atoms with Gasteiger partial charge in [-0.05, 0) is 34.7 Å². The first-order chi connectivity index (χ1) is 12.3. The zero-order chi connectivity index (χ0) is 17.1. The quantitative estimate of drug-likeness (QED) is 0.725. The van der Waals surface area contributed by atoms with Gasteiger partial charge in [-0.2, -0.15) is 0 Å². The molecule has 1 aliphatic rings. The lowest BCUT2D eigenvalue weighted by Crippen LogP contribution is -2.45. The predicted molar refractivity (Wildman–Crippen MR) is 98.7 cm³/mol. The largest absolute Gasteiger partial charge is 0.297 e. The van der Waals surface area contributed by atoms with E-state index in [0.29, 0.717) is 0 Å². The van der Waals surface area contributed by atoms with Crippen LogP contribution < -0.4 is 0 Å². The van der Waals surface area contributed by atoms with E-state index >= 15 is 0 Å². The first-order valence-corrected chi connectivity index (χ1v) is 8.79. The highest BCUT2D eigenvalue weighted by atomic mass is 19.1. The SMILES string of the molecule is Fc1cccc(CN2CCN(Cc3cccc4cnccc34)CC2)c1. The van der Waals surface area contributed by atoms with E-state index in [-0.39, 0.29) is 5.82 Å². The first-order valence-electron chi connectivity index (χ1n) is 8.79. The van der Waals surface area contributed by atoms with Crippen LogP contribution in [0.2, 0.25) is 0 Å². The van der Waals surface area contributed by atoms with Crippen molar-refractivity contribution in [2.75, 3.05) is 26.2 Å². The predicted octanol–water partition coefficient (Wildman–Crippen LogP) is 3.69.